The number of esters is 1. The van der Waals surface area contributed by atoms with E-state index < -0.39 is 24.4 Å². The first-order valence-electron chi connectivity index (χ1n) is 10.4. The van der Waals surface area contributed by atoms with Gasteiger partial charge in [-0.25, -0.2) is 4.79 Å². The maximum Gasteiger partial charge on any atom is 0.344 e. The van der Waals surface area contributed by atoms with Gasteiger partial charge in [0.25, 0.3) is 11.8 Å². The number of hydrogen-bond donors (Lipinski definition) is 2. The summed E-state index contributed by atoms with van der Waals surface area (Å²) >= 11 is 1.33. The molecule has 1 aromatic carbocycles. The average Bonchev–Trinajstić information content (AvgIpc) is 3.47. The van der Waals surface area contributed by atoms with Crippen molar-refractivity contribution in [2.45, 2.75) is 32.1 Å². The number of nitrogens with one attached hydrogen (secondary N) is 1. The Balaban J connectivity index is 1.23. The van der Waals surface area contributed by atoms with Gasteiger partial charge in [0.15, 0.2) is 13.2 Å². The van der Waals surface area contributed by atoms with Gasteiger partial charge >= 0.3 is 5.97 Å². The summed E-state index contributed by atoms with van der Waals surface area (Å²) in [5, 5.41) is 3.01. The van der Waals surface area contributed by atoms with Crippen LogP contribution in [0.15, 0.2) is 24.3 Å². The SMILES string of the molecule is NC(=O)c1c(NC(=O)COC(=O)COc2ccc(N3CCCC3=O)cc2)sc2c1CCC2. The van der Waals surface area contributed by atoms with E-state index in [0.29, 0.717) is 29.3 Å². The van der Waals surface area contributed by atoms with Gasteiger partial charge in [0, 0.05) is 23.5 Å². The van der Waals surface area contributed by atoms with E-state index in [-0.39, 0.29) is 12.5 Å². The minimum absolute atomic E-state index is 0.0932. The minimum atomic E-state index is -0.706. The number of hydrogen-bond acceptors (Lipinski definition) is 7. The van der Waals surface area contributed by atoms with E-state index >= 15 is 0 Å². The molecule has 4 rings (SSSR count). The predicted molar refractivity (Wildman–Crippen MR) is 118 cm³/mol. The molecule has 1 saturated heterocycles. The van der Waals surface area contributed by atoms with Crippen LogP contribution in [0.4, 0.5) is 10.7 Å². The van der Waals surface area contributed by atoms with Crippen LogP contribution >= 0.6 is 11.3 Å². The number of rotatable bonds is 8. The normalized spacial score (nSPS) is 14.9. The second-order valence-corrected chi connectivity index (χ2v) is 8.67. The van der Waals surface area contributed by atoms with E-state index in [1.54, 1.807) is 29.2 Å². The topological polar surface area (TPSA) is 128 Å². The number of ether oxygens (including phenoxy) is 2. The molecular formula is C22H23N3O6S. The summed E-state index contributed by atoms with van der Waals surface area (Å²) in [5.41, 5.74) is 7.51. The highest BCUT2D eigenvalue weighted by molar-refractivity contribution is 7.17. The van der Waals surface area contributed by atoms with Crippen molar-refractivity contribution in [1.82, 2.24) is 0 Å². The van der Waals surface area contributed by atoms with Crippen LogP contribution in [0, 0.1) is 0 Å². The maximum absolute atomic E-state index is 12.2. The first-order valence-corrected chi connectivity index (χ1v) is 11.2. The summed E-state index contributed by atoms with van der Waals surface area (Å²) in [6, 6.07) is 6.85. The monoisotopic (exact) mass is 457 g/mol. The molecule has 32 heavy (non-hydrogen) atoms. The highest BCUT2D eigenvalue weighted by atomic mass is 32.1. The molecule has 2 aliphatic rings. The molecule has 168 valence electrons. The summed E-state index contributed by atoms with van der Waals surface area (Å²) < 4.78 is 10.3. The first kappa shape index (κ1) is 21.8. The van der Waals surface area contributed by atoms with Crippen molar-refractivity contribution in [2.24, 2.45) is 5.73 Å². The Morgan fingerprint density at radius 3 is 2.53 bits per heavy atom. The van der Waals surface area contributed by atoms with Gasteiger partial charge in [-0.05, 0) is 55.5 Å². The lowest BCUT2D eigenvalue weighted by Crippen LogP contribution is -2.25. The Morgan fingerprint density at radius 1 is 1.06 bits per heavy atom. The van der Waals surface area contributed by atoms with E-state index in [2.05, 4.69) is 5.32 Å². The number of carbonyl (C=O) groups excluding carboxylic acids is 4. The van der Waals surface area contributed by atoms with Gasteiger partial charge in [0.2, 0.25) is 5.91 Å². The third-order valence-electron chi connectivity index (χ3n) is 5.36. The molecule has 1 aliphatic carbocycles. The molecule has 9 nitrogen and oxygen atoms in total. The van der Waals surface area contributed by atoms with Crippen LogP contribution in [0.1, 0.15) is 40.1 Å². The number of primary amides is 1. The lowest BCUT2D eigenvalue weighted by molar-refractivity contribution is -0.149. The molecule has 1 fully saturated rings. The molecule has 3 N–H and O–H groups in total. The number of thiophene rings is 1. The summed E-state index contributed by atoms with van der Waals surface area (Å²) in [6.07, 6.45) is 3.98. The number of fused-ring (bicyclic) bond motifs is 1. The lowest BCUT2D eigenvalue weighted by atomic mass is 10.1. The quantitative estimate of drug-likeness (QED) is 0.584. The van der Waals surface area contributed by atoms with Crippen molar-refractivity contribution in [1.29, 1.82) is 0 Å². The Morgan fingerprint density at radius 2 is 1.84 bits per heavy atom. The molecule has 1 aromatic heterocycles. The highest BCUT2D eigenvalue weighted by Crippen LogP contribution is 2.38. The molecule has 3 amide bonds. The van der Waals surface area contributed by atoms with Crippen molar-refractivity contribution in [3.05, 3.63) is 40.3 Å². The average molecular weight is 458 g/mol. The zero-order valence-electron chi connectivity index (χ0n) is 17.3. The molecule has 0 bridgehead atoms. The number of anilines is 2. The molecule has 0 radical (unpaired) electrons. The van der Waals surface area contributed by atoms with Crippen molar-refractivity contribution in [3.8, 4) is 5.75 Å². The minimum Gasteiger partial charge on any atom is -0.482 e. The van der Waals surface area contributed by atoms with E-state index in [0.717, 1.165) is 41.8 Å². The third-order valence-corrected chi connectivity index (χ3v) is 6.57. The summed E-state index contributed by atoms with van der Waals surface area (Å²) in [7, 11) is 0. The Hall–Kier alpha value is -3.40. The van der Waals surface area contributed by atoms with Crippen LogP contribution in [0.5, 0.6) is 5.75 Å². The number of carbonyl (C=O) groups is 4. The lowest BCUT2D eigenvalue weighted by Gasteiger charge is -2.16. The standard InChI is InChI=1S/C22H23N3O6S/c23-21(29)20-15-3-1-4-16(15)32-22(20)24-17(26)11-31-19(28)12-30-14-8-6-13(7-9-14)25-10-2-5-18(25)27/h6-9H,1-5,10-12H2,(H2,23,29)(H,24,26). The summed E-state index contributed by atoms with van der Waals surface area (Å²) in [6.45, 7) is -0.170. The maximum atomic E-state index is 12.2. The first-order chi connectivity index (χ1) is 15.4. The molecule has 10 heteroatoms. The van der Waals surface area contributed by atoms with Crippen LogP contribution in [0.2, 0.25) is 0 Å². The number of nitrogens with two attached hydrogens (primary N) is 1. The van der Waals surface area contributed by atoms with Crippen molar-refractivity contribution in [2.75, 3.05) is 30.0 Å². The predicted octanol–water partition coefficient (Wildman–Crippen LogP) is 2.02. The van der Waals surface area contributed by atoms with Gasteiger partial charge in [-0.1, -0.05) is 0 Å². The van der Waals surface area contributed by atoms with Gasteiger partial charge in [-0.3, -0.25) is 14.4 Å². The molecule has 2 heterocycles. The van der Waals surface area contributed by atoms with Gasteiger partial charge in [-0.15, -0.1) is 11.3 Å². The fraction of sp³-hybridized carbons (Fsp3) is 0.364. The summed E-state index contributed by atoms with van der Waals surface area (Å²) in [4.78, 5) is 50.4. The highest BCUT2D eigenvalue weighted by Gasteiger charge is 2.26. The fourth-order valence-corrected chi connectivity index (χ4v) is 5.20. The van der Waals surface area contributed by atoms with Gasteiger partial charge < -0.3 is 25.4 Å². The Bertz CT molecular complexity index is 1060. The molecule has 0 atom stereocenters. The molecular weight excluding hydrogens is 434 g/mol. The third kappa shape index (κ3) is 4.75. The van der Waals surface area contributed by atoms with Crippen LogP contribution in [0.3, 0.4) is 0 Å². The largest absolute Gasteiger partial charge is 0.482 e. The molecule has 2 aromatic rings. The van der Waals surface area contributed by atoms with Gasteiger partial charge in [0.05, 0.1) is 5.56 Å². The summed E-state index contributed by atoms with van der Waals surface area (Å²) in [5.74, 6) is -1.30. The molecule has 0 saturated carbocycles. The van der Waals surface area contributed by atoms with E-state index in [9.17, 15) is 19.2 Å². The van der Waals surface area contributed by atoms with Crippen LogP contribution in [-0.4, -0.2) is 43.4 Å². The molecule has 1 aliphatic heterocycles. The van der Waals surface area contributed by atoms with Crippen LogP contribution < -0.4 is 20.7 Å². The molecule has 0 spiro atoms. The van der Waals surface area contributed by atoms with E-state index in [1.807, 2.05) is 0 Å². The number of amides is 3. The fourth-order valence-electron chi connectivity index (χ4n) is 3.89. The number of aryl methyl sites for hydroxylation is 1. The number of benzene rings is 1. The van der Waals surface area contributed by atoms with Crippen LogP contribution in [-0.2, 0) is 32.0 Å². The van der Waals surface area contributed by atoms with E-state index in [1.165, 1.54) is 11.3 Å². The Labute approximate surface area is 188 Å². The second kappa shape index (κ2) is 9.39. The van der Waals surface area contributed by atoms with Gasteiger partial charge in [0.1, 0.15) is 10.8 Å². The van der Waals surface area contributed by atoms with Crippen molar-refractivity contribution < 1.29 is 28.7 Å². The molecule has 0 unspecified atom stereocenters. The zero-order chi connectivity index (χ0) is 22.7. The van der Waals surface area contributed by atoms with Crippen molar-refractivity contribution >= 4 is 45.7 Å². The number of nitrogens with zero attached hydrogens (tertiary/aromatic N) is 1. The zero-order valence-corrected chi connectivity index (χ0v) is 18.2. The van der Waals surface area contributed by atoms with Crippen molar-refractivity contribution in [3.63, 3.8) is 0 Å². The smallest absolute Gasteiger partial charge is 0.344 e. The van der Waals surface area contributed by atoms with Gasteiger partial charge in [-0.2, -0.15) is 0 Å². The second-order valence-electron chi connectivity index (χ2n) is 7.57. The Kier molecular flexibility index (Phi) is 6.40. The van der Waals surface area contributed by atoms with Crippen LogP contribution in [0.25, 0.3) is 0 Å². The van der Waals surface area contributed by atoms with E-state index in [4.69, 9.17) is 15.2 Å².